The van der Waals surface area contributed by atoms with Crippen LogP contribution in [0.4, 0.5) is 4.39 Å². The average molecular weight is 275 g/mol. The lowest BCUT2D eigenvalue weighted by Gasteiger charge is -2.29. The minimum atomic E-state index is -0.198. The summed E-state index contributed by atoms with van der Waals surface area (Å²) in [5.41, 5.74) is 1.78. The molecule has 1 aromatic carbocycles. The molecule has 20 heavy (non-hydrogen) atoms. The molecule has 3 rings (SSSR count). The normalized spacial score (nSPS) is 23.6. The van der Waals surface area contributed by atoms with Gasteiger partial charge in [-0.2, -0.15) is 0 Å². The number of benzene rings is 1. The van der Waals surface area contributed by atoms with Gasteiger partial charge in [-0.1, -0.05) is 6.92 Å². The van der Waals surface area contributed by atoms with Gasteiger partial charge in [0.05, 0.1) is 17.1 Å². The maximum absolute atomic E-state index is 13.5. The van der Waals surface area contributed by atoms with Crippen molar-refractivity contribution in [1.29, 1.82) is 0 Å². The molecule has 0 saturated carbocycles. The van der Waals surface area contributed by atoms with Crippen molar-refractivity contribution in [2.24, 2.45) is 5.92 Å². The first-order valence-corrected chi connectivity index (χ1v) is 7.47. The van der Waals surface area contributed by atoms with Crippen LogP contribution in [-0.2, 0) is 0 Å². The van der Waals surface area contributed by atoms with Crippen molar-refractivity contribution in [2.75, 3.05) is 6.54 Å². The van der Waals surface area contributed by atoms with E-state index in [0.717, 1.165) is 29.8 Å². The van der Waals surface area contributed by atoms with Crippen LogP contribution in [0.1, 0.15) is 51.5 Å². The number of nitrogens with zero attached hydrogens (tertiary/aromatic N) is 2. The molecule has 0 amide bonds. The van der Waals surface area contributed by atoms with E-state index in [0.29, 0.717) is 5.92 Å². The number of hydrogen-bond acceptors (Lipinski definition) is 2. The Morgan fingerprint density at radius 3 is 2.90 bits per heavy atom. The molecule has 0 bridgehead atoms. The largest absolute Gasteiger partial charge is 0.324 e. The van der Waals surface area contributed by atoms with E-state index >= 15 is 0 Å². The van der Waals surface area contributed by atoms with Crippen LogP contribution >= 0.6 is 0 Å². The lowest BCUT2D eigenvalue weighted by Crippen LogP contribution is -2.33. The van der Waals surface area contributed by atoms with E-state index < -0.39 is 0 Å². The topological polar surface area (TPSA) is 29.9 Å². The Labute approximate surface area is 119 Å². The van der Waals surface area contributed by atoms with Crippen LogP contribution in [0.5, 0.6) is 0 Å². The highest BCUT2D eigenvalue weighted by atomic mass is 19.1. The number of piperidine rings is 1. The van der Waals surface area contributed by atoms with Crippen molar-refractivity contribution in [3.63, 3.8) is 0 Å². The molecule has 2 aromatic rings. The molecular weight excluding hydrogens is 253 g/mol. The van der Waals surface area contributed by atoms with E-state index in [4.69, 9.17) is 4.98 Å². The highest BCUT2D eigenvalue weighted by molar-refractivity contribution is 5.76. The van der Waals surface area contributed by atoms with E-state index in [1.54, 1.807) is 12.1 Å². The standard InChI is InChI=1S/C16H22FN3/c1-10(2)20-15-9-12(17)4-5-13(15)19-16(20)14-8-11(3)6-7-18-14/h4-5,9-11,14,18H,6-8H2,1-3H3. The SMILES string of the molecule is CC1CCNC(c2nc3ccc(F)cc3n2C(C)C)C1. The molecule has 2 heterocycles. The van der Waals surface area contributed by atoms with E-state index in [1.165, 1.54) is 12.5 Å². The third-order valence-electron chi connectivity index (χ3n) is 4.17. The number of hydrogen-bond donors (Lipinski definition) is 1. The molecule has 0 radical (unpaired) electrons. The van der Waals surface area contributed by atoms with Gasteiger partial charge >= 0.3 is 0 Å². The summed E-state index contributed by atoms with van der Waals surface area (Å²) in [6, 6.07) is 5.41. The number of rotatable bonds is 2. The predicted octanol–water partition coefficient (Wildman–Crippen LogP) is 3.82. The van der Waals surface area contributed by atoms with Gasteiger partial charge in [0.15, 0.2) is 0 Å². The third-order valence-corrected chi connectivity index (χ3v) is 4.17. The number of imidazole rings is 1. The van der Waals surface area contributed by atoms with Crippen LogP contribution in [0.2, 0.25) is 0 Å². The van der Waals surface area contributed by atoms with Gasteiger partial charge in [-0.3, -0.25) is 0 Å². The Kier molecular flexibility index (Phi) is 3.50. The van der Waals surface area contributed by atoms with Crippen molar-refractivity contribution in [2.45, 2.75) is 45.7 Å². The zero-order valence-corrected chi connectivity index (χ0v) is 12.4. The first-order valence-electron chi connectivity index (χ1n) is 7.47. The first kappa shape index (κ1) is 13.6. The summed E-state index contributed by atoms with van der Waals surface area (Å²) in [5.74, 6) is 1.56. The molecule has 3 nitrogen and oxygen atoms in total. The number of fused-ring (bicyclic) bond motifs is 1. The molecule has 0 spiro atoms. The molecule has 1 fully saturated rings. The summed E-state index contributed by atoms with van der Waals surface area (Å²) in [7, 11) is 0. The lowest BCUT2D eigenvalue weighted by atomic mass is 9.94. The van der Waals surface area contributed by atoms with Crippen molar-refractivity contribution < 1.29 is 4.39 Å². The van der Waals surface area contributed by atoms with Crippen LogP contribution < -0.4 is 5.32 Å². The second-order valence-corrected chi connectivity index (χ2v) is 6.20. The maximum atomic E-state index is 13.5. The zero-order valence-electron chi connectivity index (χ0n) is 12.4. The molecule has 4 heteroatoms. The number of halogens is 1. The Morgan fingerprint density at radius 1 is 1.40 bits per heavy atom. The van der Waals surface area contributed by atoms with Crippen molar-refractivity contribution in [3.8, 4) is 0 Å². The Hall–Kier alpha value is -1.42. The fourth-order valence-corrected chi connectivity index (χ4v) is 3.18. The molecule has 1 N–H and O–H groups in total. The van der Waals surface area contributed by atoms with Gasteiger partial charge in [0.2, 0.25) is 0 Å². The molecule has 0 aliphatic carbocycles. The average Bonchev–Trinajstić information content (AvgIpc) is 2.77. The summed E-state index contributed by atoms with van der Waals surface area (Å²) in [4.78, 5) is 4.77. The third kappa shape index (κ3) is 2.33. The summed E-state index contributed by atoms with van der Waals surface area (Å²) in [6.07, 6.45) is 2.31. The zero-order chi connectivity index (χ0) is 14.3. The molecular formula is C16H22FN3. The van der Waals surface area contributed by atoms with Crippen molar-refractivity contribution >= 4 is 11.0 Å². The summed E-state index contributed by atoms with van der Waals surface area (Å²) >= 11 is 0. The van der Waals surface area contributed by atoms with Gasteiger partial charge in [-0.25, -0.2) is 9.37 Å². The van der Waals surface area contributed by atoms with E-state index in [2.05, 4.69) is 30.7 Å². The quantitative estimate of drug-likeness (QED) is 0.903. The number of aromatic nitrogens is 2. The van der Waals surface area contributed by atoms with Crippen LogP contribution in [0.15, 0.2) is 18.2 Å². The maximum Gasteiger partial charge on any atom is 0.127 e. The fourth-order valence-electron chi connectivity index (χ4n) is 3.18. The smallest absolute Gasteiger partial charge is 0.127 e. The van der Waals surface area contributed by atoms with Crippen LogP contribution in [0.3, 0.4) is 0 Å². The van der Waals surface area contributed by atoms with E-state index in [9.17, 15) is 4.39 Å². The molecule has 1 aliphatic heterocycles. The van der Waals surface area contributed by atoms with E-state index in [1.807, 2.05) is 0 Å². The minimum Gasteiger partial charge on any atom is -0.324 e. The molecule has 108 valence electrons. The van der Waals surface area contributed by atoms with Gasteiger partial charge in [0.1, 0.15) is 11.6 Å². The molecule has 1 aromatic heterocycles. The van der Waals surface area contributed by atoms with E-state index in [-0.39, 0.29) is 17.9 Å². The molecule has 1 aliphatic rings. The first-order chi connectivity index (χ1) is 9.56. The lowest BCUT2D eigenvalue weighted by molar-refractivity contribution is 0.307. The van der Waals surface area contributed by atoms with Crippen LogP contribution in [0, 0.1) is 11.7 Å². The Bertz CT molecular complexity index is 617. The Morgan fingerprint density at radius 2 is 2.20 bits per heavy atom. The second-order valence-electron chi connectivity index (χ2n) is 6.20. The van der Waals surface area contributed by atoms with Crippen LogP contribution in [-0.4, -0.2) is 16.1 Å². The number of nitrogens with one attached hydrogen (secondary N) is 1. The van der Waals surface area contributed by atoms with Gasteiger partial charge < -0.3 is 9.88 Å². The summed E-state index contributed by atoms with van der Waals surface area (Å²) < 4.78 is 15.7. The molecule has 1 saturated heterocycles. The van der Waals surface area contributed by atoms with Crippen LogP contribution in [0.25, 0.3) is 11.0 Å². The minimum absolute atomic E-state index is 0.198. The summed E-state index contributed by atoms with van der Waals surface area (Å²) in [6.45, 7) is 7.57. The predicted molar refractivity (Wildman–Crippen MR) is 79.2 cm³/mol. The second kappa shape index (κ2) is 5.17. The Balaban J connectivity index is 2.11. The fraction of sp³-hybridized carbons (Fsp3) is 0.562. The molecule has 2 atom stereocenters. The highest BCUT2D eigenvalue weighted by Crippen LogP contribution is 2.31. The van der Waals surface area contributed by atoms with Crippen molar-refractivity contribution in [1.82, 2.24) is 14.9 Å². The van der Waals surface area contributed by atoms with Gasteiger partial charge in [0, 0.05) is 6.04 Å². The summed E-state index contributed by atoms with van der Waals surface area (Å²) in [5, 5.41) is 3.56. The monoisotopic (exact) mass is 275 g/mol. The van der Waals surface area contributed by atoms with Crippen molar-refractivity contribution in [3.05, 3.63) is 29.8 Å². The van der Waals surface area contributed by atoms with Gasteiger partial charge in [0.25, 0.3) is 0 Å². The highest BCUT2D eigenvalue weighted by Gasteiger charge is 2.26. The van der Waals surface area contributed by atoms with Gasteiger partial charge in [-0.05, 0) is 57.4 Å². The van der Waals surface area contributed by atoms with Gasteiger partial charge in [-0.15, -0.1) is 0 Å². The molecule has 2 unspecified atom stereocenters.